The van der Waals surface area contributed by atoms with Gasteiger partial charge in [-0.05, 0) is 33.8 Å². The van der Waals surface area contributed by atoms with E-state index in [0.29, 0.717) is 12.5 Å². The third-order valence-electron chi connectivity index (χ3n) is 10.2. The van der Waals surface area contributed by atoms with Gasteiger partial charge in [0, 0.05) is 69.0 Å². The molecule has 4 fully saturated rings. The van der Waals surface area contributed by atoms with Crippen LogP contribution in [0.4, 0.5) is 19.0 Å². The number of nitrogens with two attached hydrogens (primary N) is 1. The average molecular weight is 818 g/mol. The lowest BCUT2D eigenvalue weighted by Crippen LogP contribution is -2.44. The molecule has 0 aromatic carbocycles. The van der Waals surface area contributed by atoms with E-state index in [-0.39, 0.29) is 56.2 Å². The zero-order valence-corrected chi connectivity index (χ0v) is 35.1. The maximum Gasteiger partial charge on any atom is 0.351 e. The van der Waals surface area contributed by atoms with Crippen LogP contribution in [0.25, 0.3) is 0 Å². The van der Waals surface area contributed by atoms with Crippen LogP contribution < -0.4 is 11.4 Å². The fourth-order valence-corrected chi connectivity index (χ4v) is 7.40. The van der Waals surface area contributed by atoms with Crippen molar-refractivity contribution in [3.05, 3.63) is 22.7 Å². The smallest absolute Gasteiger partial charge is 0.351 e. The Kier molecular flexibility index (Phi) is 21.6. The summed E-state index contributed by atoms with van der Waals surface area (Å²) in [5.74, 6) is 0.492. The van der Waals surface area contributed by atoms with Crippen LogP contribution in [0.3, 0.4) is 0 Å². The van der Waals surface area contributed by atoms with Crippen LogP contribution >= 0.6 is 0 Å². The largest absolute Gasteiger partial charge is 0.383 e. The number of hydrogen-bond acceptors (Lipinski definition) is 15. The number of nitrogens with zero attached hydrogens (tertiary/aromatic N) is 2. The van der Waals surface area contributed by atoms with Gasteiger partial charge in [-0.1, -0.05) is 6.92 Å². The standard InChI is InChI=1S/C12H18FN3O4.C9H18O3.2C8H15FO3/c1-12(13)9(19-3)7(6-18-2)20-10(12)16-5-4-8(14)15-11(16)17;1-6-8(5-10-3)12-7(2)9(6)11-4;2*1-5-8(11-3)7(9)6(12-5)4-10-2/h4-5,7,9-10H,6H2,1-3H3,(H2,14,15,17);6-9H,5H2,1-4H3;2*5-8H,4H2,1-3H3/t7-,9?,10-,12-;6?,7-,8+,9-;2*5-,6+,7?,8+/m1000/s1. The molecule has 4 aliphatic rings. The number of halogens is 3. The van der Waals surface area contributed by atoms with Gasteiger partial charge < -0.3 is 62.6 Å². The Labute approximate surface area is 328 Å². The Morgan fingerprint density at radius 1 is 0.679 bits per heavy atom. The molecule has 4 saturated heterocycles. The number of hydrogen-bond donors (Lipinski definition) is 1. The summed E-state index contributed by atoms with van der Waals surface area (Å²) in [5, 5.41) is 0. The molecule has 0 saturated carbocycles. The van der Waals surface area contributed by atoms with Crippen LogP contribution in [0.5, 0.6) is 0 Å². The normalized spacial score (nSPS) is 39.0. The molecule has 5 heterocycles. The topological polar surface area (TPSA) is 172 Å². The molecular formula is C37H66F3N3O13. The Morgan fingerprint density at radius 2 is 1.09 bits per heavy atom. The number of nitrogen functional groups attached to an aromatic ring is 1. The summed E-state index contributed by atoms with van der Waals surface area (Å²) in [6.45, 7) is 10.5. The fourth-order valence-electron chi connectivity index (χ4n) is 7.40. The van der Waals surface area contributed by atoms with Crippen LogP contribution in [0.1, 0.15) is 40.8 Å². The van der Waals surface area contributed by atoms with E-state index in [1.165, 1.54) is 61.8 Å². The number of methoxy groups -OCH3 is 8. The minimum absolute atomic E-state index is 0.0709. The SMILES string of the molecule is COC[C@H]1O[C@@H](C)[C@@H](OC)C1C.COC[C@H]1O[C@@H](C)[C@@H](OC)C1F.COC[C@H]1O[C@@H](C)[C@@H](OC)C1F.COC[C@H]1O[C@@H](n2ccc(N)nc2=O)[C@](C)(F)C1OC. The van der Waals surface area contributed by atoms with E-state index in [2.05, 4.69) is 11.9 Å². The molecule has 5 rings (SSSR count). The Bertz CT molecular complexity index is 1230. The van der Waals surface area contributed by atoms with Crippen molar-refractivity contribution in [1.29, 1.82) is 0 Å². The number of rotatable bonds is 13. The molecule has 2 N–H and O–H groups in total. The minimum Gasteiger partial charge on any atom is -0.383 e. The minimum atomic E-state index is -1.90. The van der Waals surface area contributed by atoms with Gasteiger partial charge in [-0.3, -0.25) is 4.57 Å². The van der Waals surface area contributed by atoms with E-state index >= 15 is 0 Å². The molecular weight excluding hydrogens is 751 g/mol. The van der Waals surface area contributed by atoms with E-state index in [1.807, 2.05) is 6.92 Å². The van der Waals surface area contributed by atoms with Crippen molar-refractivity contribution in [1.82, 2.24) is 9.55 Å². The van der Waals surface area contributed by atoms with Crippen LogP contribution in [0, 0.1) is 5.92 Å². The van der Waals surface area contributed by atoms with Gasteiger partial charge in [0.2, 0.25) is 0 Å². The molecule has 0 amide bonds. The molecule has 0 bridgehead atoms. The van der Waals surface area contributed by atoms with Crippen molar-refractivity contribution in [2.45, 2.75) is 126 Å². The highest BCUT2D eigenvalue weighted by Gasteiger charge is 2.56. The van der Waals surface area contributed by atoms with E-state index in [0.717, 1.165) is 4.57 Å². The van der Waals surface area contributed by atoms with E-state index in [9.17, 15) is 18.0 Å². The van der Waals surface area contributed by atoms with Gasteiger partial charge in [-0.25, -0.2) is 18.0 Å². The van der Waals surface area contributed by atoms with Gasteiger partial charge in [0.05, 0.1) is 56.9 Å². The highest BCUT2D eigenvalue weighted by molar-refractivity contribution is 5.24. The maximum atomic E-state index is 15.0. The van der Waals surface area contributed by atoms with Gasteiger partial charge in [-0.2, -0.15) is 4.98 Å². The monoisotopic (exact) mass is 817 g/mol. The number of alkyl halides is 3. The third kappa shape index (κ3) is 12.7. The summed E-state index contributed by atoms with van der Waals surface area (Å²) in [4.78, 5) is 15.4. The molecule has 1 aromatic rings. The predicted octanol–water partition coefficient (Wildman–Crippen LogP) is 2.73. The summed E-state index contributed by atoms with van der Waals surface area (Å²) in [5.41, 5.74) is 2.84. The molecule has 0 aliphatic carbocycles. The quantitative estimate of drug-likeness (QED) is 0.308. The first-order valence-electron chi connectivity index (χ1n) is 18.5. The molecule has 4 aliphatic heterocycles. The average Bonchev–Trinajstić information content (AvgIpc) is 3.78. The second-order valence-corrected chi connectivity index (χ2v) is 14.2. The zero-order valence-electron chi connectivity index (χ0n) is 35.1. The molecule has 16 nitrogen and oxygen atoms in total. The van der Waals surface area contributed by atoms with E-state index in [1.54, 1.807) is 28.1 Å². The molecule has 0 spiro atoms. The lowest BCUT2D eigenvalue weighted by molar-refractivity contribution is -0.0666. The van der Waals surface area contributed by atoms with Gasteiger partial charge >= 0.3 is 5.69 Å². The summed E-state index contributed by atoms with van der Waals surface area (Å²) >= 11 is 0. The lowest BCUT2D eigenvalue weighted by atomic mass is 9.98. The number of ether oxygens (including phenoxy) is 12. The van der Waals surface area contributed by atoms with Crippen LogP contribution in [-0.2, 0) is 56.8 Å². The van der Waals surface area contributed by atoms with Crippen LogP contribution in [0.15, 0.2) is 17.1 Å². The molecule has 4 unspecified atom stereocenters. The Morgan fingerprint density at radius 3 is 1.46 bits per heavy atom. The zero-order chi connectivity index (χ0) is 42.3. The highest BCUT2D eigenvalue weighted by Crippen LogP contribution is 2.42. The molecule has 16 atom stereocenters. The fraction of sp³-hybridized carbons (Fsp3) is 0.892. The molecule has 19 heteroatoms. The first-order chi connectivity index (χ1) is 26.5. The Balaban J connectivity index is 0.000000266. The van der Waals surface area contributed by atoms with Crippen molar-refractivity contribution < 1.29 is 70.0 Å². The summed E-state index contributed by atoms with van der Waals surface area (Å²) in [6.07, 6.45) is -5.06. The first-order valence-corrected chi connectivity index (χ1v) is 18.5. The first kappa shape index (κ1) is 50.1. The van der Waals surface area contributed by atoms with E-state index < -0.39 is 66.6 Å². The highest BCUT2D eigenvalue weighted by atomic mass is 19.1. The maximum absolute atomic E-state index is 15.0. The van der Waals surface area contributed by atoms with Crippen molar-refractivity contribution in [2.24, 2.45) is 5.92 Å². The van der Waals surface area contributed by atoms with Gasteiger partial charge in [0.25, 0.3) is 0 Å². The second-order valence-electron chi connectivity index (χ2n) is 14.2. The van der Waals surface area contributed by atoms with Crippen molar-refractivity contribution in [2.75, 3.05) is 89.0 Å². The molecule has 56 heavy (non-hydrogen) atoms. The third-order valence-corrected chi connectivity index (χ3v) is 10.2. The summed E-state index contributed by atoms with van der Waals surface area (Å²) in [7, 11) is 12.3. The van der Waals surface area contributed by atoms with Gasteiger partial charge in [-0.15, -0.1) is 0 Å². The van der Waals surface area contributed by atoms with Crippen LogP contribution in [0.2, 0.25) is 0 Å². The van der Waals surface area contributed by atoms with Crippen molar-refractivity contribution in [3.63, 3.8) is 0 Å². The summed E-state index contributed by atoms with van der Waals surface area (Å²) < 4.78 is 105. The van der Waals surface area contributed by atoms with E-state index in [4.69, 9.17) is 62.6 Å². The van der Waals surface area contributed by atoms with Crippen molar-refractivity contribution >= 4 is 5.82 Å². The van der Waals surface area contributed by atoms with Gasteiger partial charge in [0.1, 0.15) is 42.4 Å². The van der Waals surface area contributed by atoms with Crippen LogP contribution in [-0.4, -0.2) is 178 Å². The second kappa shape index (κ2) is 24.2. The van der Waals surface area contributed by atoms with Gasteiger partial charge in [0.15, 0.2) is 24.2 Å². The Hall–Kier alpha value is -2.01. The number of anilines is 1. The number of aromatic nitrogens is 2. The lowest BCUT2D eigenvalue weighted by Gasteiger charge is -2.26. The summed E-state index contributed by atoms with van der Waals surface area (Å²) in [6, 6.07) is 1.41. The predicted molar refractivity (Wildman–Crippen MR) is 199 cm³/mol. The molecule has 1 aromatic heterocycles. The molecule has 0 radical (unpaired) electrons. The molecule has 328 valence electrons. The van der Waals surface area contributed by atoms with Crippen molar-refractivity contribution in [3.8, 4) is 0 Å².